The fraction of sp³-hybridized carbons (Fsp3) is 0.0645. The fourth-order valence-electron chi connectivity index (χ4n) is 9.79. The molecule has 6 heteroatoms. The number of hydrogen-bond donors (Lipinski definition) is 0. The minimum atomic E-state index is 0.713. The van der Waals surface area contributed by atoms with E-state index < -0.39 is 0 Å². The second-order valence-electron chi connectivity index (χ2n) is 17.6. The molecule has 326 valence electrons. The first kappa shape index (κ1) is 41.8. The highest BCUT2D eigenvalue weighted by molar-refractivity contribution is 8.00. The standard InChI is InChI=1S/C62H46N4S2/c1-39-36-50(41(3)34-48(39)43-26-30-46(31-27-43)65-54-18-8-12-22-58(54)67-59-23-13-9-19-55(59)65)52-38-53(64-62(63-52)45-16-6-5-7-17-45)51-37-40(2)49(35-42(51)4)44-28-32-47(33-29-44)66-56-20-10-14-24-60(56)68-61-25-15-11-21-57(61)66/h5-38H,1-4H3. The molecule has 1 aromatic heterocycles. The average Bonchev–Trinajstić information content (AvgIpc) is 3.38. The van der Waals surface area contributed by atoms with Gasteiger partial charge in [-0.3, -0.25) is 0 Å². The molecule has 0 unspecified atom stereocenters. The Balaban J connectivity index is 0.877. The van der Waals surface area contributed by atoms with Crippen LogP contribution >= 0.6 is 23.5 Å². The monoisotopic (exact) mass is 910 g/mol. The summed E-state index contributed by atoms with van der Waals surface area (Å²) < 4.78 is 0. The van der Waals surface area contributed by atoms with Gasteiger partial charge in [0.15, 0.2) is 5.82 Å². The summed E-state index contributed by atoms with van der Waals surface area (Å²) in [6, 6.07) is 74.5. The highest BCUT2D eigenvalue weighted by Gasteiger charge is 2.26. The van der Waals surface area contributed by atoms with Crippen molar-refractivity contribution < 1.29 is 0 Å². The van der Waals surface area contributed by atoms with E-state index in [-0.39, 0.29) is 0 Å². The van der Waals surface area contributed by atoms with E-state index in [9.17, 15) is 0 Å². The van der Waals surface area contributed by atoms with Crippen LogP contribution in [0.1, 0.15) is 22.3 Å². The van der Waals surface area contributed by atoms with E-state index >= 15 is 0 Å². The molecule has 0 saturated heterocycles. The molecular weight excluding hydrogens is 865 g/mol. The maximum Gasteiger partial charge on any atom is 0.160 e. The van der Waals surface area contributed by atoms with E-state index in [4.69, 9.17) is 9.97 Å². The lowest BCUT2D eigenvalue weighted by Gasteiger charge is -2.32. The summed E-state index contributed by atoms with van der Waals surface area (Å²) in [7, 11) is 0. The van der Waals surface area contributed by atoms with Crippen LogP contribution in [0.25, 0.3) is 56.2 Å². The lowest BCUT2D eigenvalue weighted by molar-refractivity contribution is 1.17. The van der Waals surface area contributed by atoms with Crippen molar-refractivity contribution in [3.8, 4) is 56.2 Å². The summed E-state index contributed by atoms with van der Waals surface area (Å²) in [4.78, 5) is 20.3. The molecule has 0 spiro atoms. The van der Waals surface area contributed by atoms with Gasteiger partial charge in [-0.25, -0.2) is 9.97 Å². The number of aryl methyl sites for hydroxylation is 4. The molecular formula is C62H46N4S2. The molecule has 68 heavy (non-hydrogen) atoms. The zero-order valence-corrected chi connectivity index (χ0v) is 39.9. The molecule has 0 amide bonds. The molecule has 0 atom stereocenters. The predicted octanol–water partition coefficient (Wildman–Crippen LogP) is 17.9. The van der Waals surface area contributed by atoms with Crippen molar-refractivity contribution in [1.29, 1.82) is 0 Å². The number of para-hydroxylation sites is 4. The zero-order valence-electron chi connectivity index (χ0n) is 38.2. The number of anilines is 6. The van der Waals surface area contributed by atoms with Gasteiger partial charge in [-0.2, -0.15) is 0 Å². The van der Waals surface area contributed by atoms with Crippen LogP contribution in [0.5, 0.6) is 0 Å². The second-order valence-corrected chi connectivity index (χ2v) is 19.8. The van der Waals surface area contributed by atoms with E-state index in [0.29, 0.717) is 5.82 Å². The minimum absolute atomic E-state index is 0.713. The van der Waals surface area contributed by atoms with E-state index in [2.05, 4.69) is 238 Å². The number of aromatic nitrogens is 2. The lowest BCUT2D eigenvalue weighted by Crippen LogP contribution is -2.14. The topological polar surface area (TPSA) is 32.3 Å². The first-order valence-corrected chi connectivity index (χ1v) is 24.7. The largest absolute Gasteiger partial charge is 0.308 e. The first-order chi connectivity index (χ1) is 33.3. The zero-order chi connectivity index (χ0) is 45.9. The van der Waals surface area contributed by atoms with Crippen molar-refractivity contribution in [2.45, 2.75) is 47.3 Å². The molecule has 4 nitrogen and oxygen atoms in total. The van der Waals surface area contributed by atoms with E-state index in [1.807, 2.05) is 29.6 Å². The van der Waals surface area contributed by atoms with Gasteiger partial charge in [-0.15, -0.1) is 0 Å². The Labute approximate surface area is 407 Å². The quantitative estimate of drug-likeness (QED) is 0.158. The molecule has 0 fully saturated rings. The summed E-state index contributed by atoms with van der Waals surface area (Å²) in [5.74, 6) is 0.713. The second kappa shape index (κ2) is 17.2. The molecule has 0 N–H and O–H groups in total. The van der Waals surface area contributed by atoms with Crippen LogP contribution in [-0.4, -0.2) is 9.97 Å². The summed E-state index contributed by atoms with van der Waals surface area (Å²) in [6.45, 7) is 8.83. The van der Waals surface area contributed by atoms with Crippen molar-refractivity contribution in [1.82, 2.24) is 9.97 Å². The molecule has 0 bridgehead atoms. The van der Waals surface area contributed by atoms with Crippen molar-refractivity contribution in [3.05, 3.63) is 229 Å². The van der Waals surface area contributed by atoms with Gasteiger partial charge in [-0.1, -0.05) is 139 Å². The van der Waals surface area contributed by atoms with E-state index in [1.165, 1.54) is 75.7 Å². The SMILES string of the molecule is Cc1cc(-c2cc(-c3cc(C)c(-c4ccc(N5c6ccccc6Sc6ccccc65)cc4)cc3C)nc(-c3ccccc3)n2)c(C)cc1-c1ccc(N2c3ccccc3Sc3ccccc32)cc1. The lowest BCUT2D eigenvalue weighted by atomic mass is 9.91. The highest BCUT2D eigenvalue weighted by atomic mass is 32.2. The summed E-state index contributed by atoms with van der Waals surface area (Å²) in [5, 5.41) is 0. The number of benzene rings is 9. The first-order valence-electron chi connectivity index (χ1n) is 23.1. The normalized spacial score (nSPS) is 12.5. The Kier molecular flexibility index (Phi) is 10.6. The van der Waals surface area contributed by atoms with Crippen LogP contribution in [0.4, 0.5) is 34.1 Å². The van der Waals surface area contributed by atoms with Gasteiger partial charge in [0, 0.05) is 47.6 Å². The summed E-state index contributed by atoms with van der Waals surface area (Å²) in [6.07, 6.45) is 0. The average molecular weight is 911 g/mol. The van der Waals surface area contributed by atoms with Gasteiger partial charge < -0.3 is 9.80 Å². The minimum Gasteiger partial charge on any atom is -0.308 e. The summed E-state index contributed by atoms with van der Waals surface area (Å²) >= 11 is 3.67. The van der Waals surface area contributed by atoms with Crippen molar-refractivity contribution in [2.75, 3.05) is 9.80 Å². The van der Waals surface area contributed by atoms with Gasteiger partial charge in [0.1, 0.15) is 0 Å². The molecule has 0 aliphatic carbocycles. The van der Waals surface area contributed by atoms with Crippen LogP contribution in [0.2, 0.25) is 0 Å². The molecule has 0 radical (unpaired) electrons. The molecule has 2 aliphatic rings. The maximum atomic E-state index is 5.27. The van der Waals surface area contributed by atoms with Crippen molar-refractivity contribution >= 4 is 57.6 Å². The molecule has 9 aromatic carbocycles. The van der Waals surface area contributed by atoms with Gasteiger partial charge in [0.2, 0.25) is 0 Å². The Hall–Kier alpha value is -7.64. The van der Waals surface area contributed by atoms with E-state index in [0.717, 1.165) is 50.6 Å². The Morgan fingerprint density at radius 2 is 0.632 bits per heavy atom. The van der Waals surface area contributed by atoms with Crippen LogP contribution in [0, 0.1) is 27.7 Å². The molecule has 10 aromatic rings. The van der Waals surface area contributed by atoms with E-state index in [1.54, 1.807) is 0 Å². The van der Waals surface area contributed by atoms with Gasteiger partial charge >= 0.3 is 0 Å². The van der Waals surface area contributed by atoms with Gasteiger partial charge in [0.05, 0.1) is 34.1 Å². The molecule has 3 heterocycles. The van der Waals surface area contributed by atoms with Crippen molar-refractivity contribution in [2.24, 2.45) is 0 Å². The summed E-state index contributed by atoms with van der Waals surface area (Å²) in [5.41, 5.74) is 21.6. The number of nitrogens with zero attached hydrogens (tertiary/aromatic N) is 4. The van der Waals surface area contributed by atoms with Gasteiger partial charge in [-0.05, 0) is 163 Å². The van der Waals surface area contributed by atoms with Gasteiger partial charge in [0.25, 0.3) is 0 Å². The Morgan fingerprint density at radius 1 is 0.309 bits per heavy atom. The maximum absolute atomic E-state index is 5.27. The highest BCUT2D eigenvalue weighted by Crippen LogP contribution is 2.53. The fourth-order valence-corrected chi connectivity index (χ4v) is 11.9. The number of rotatable bonds is 7. The van der Waals surface area contributed by atoms with Crippen LogP contribution in [0.15, 0.2) is 226 Å². The Bertz CT molecular complexity index is 3260. The third kappa shape index (κ3) is 7.47. The smallest absolute Gasteiger partial charge is 0.160 e. The van der Waals surface area contributed by atoms with Crippen LogP contribution < -0.4 is 9.80 Å². The third-order valence-electron chi connectivity index (χ3n) is 13.2. The third-order valence-corrected chi connectivity index (χ3v) is 15.5. The van der Waals surface area contributed by atoms with Crippen LogP contribution in [0.3, 0.4) is 0 Å². The number of fused-ring (bicyclic) bond motifs is 4. The van der Waals surface area contributed by atoms with Crippen molar-refractivity contribution in [3.63, 3.8) is 0 Å². The number of hydrogen-bond acceptors (Lipinski definition) is 6. The molecule has 0 saturated carbocycles. The Morgan fingerprint density at radius 3 is 1.01 bits per heavy atom. The predicted molar refractivity (Wildman–Crippen MR) is 286 cm³/mol. The molecule has 2 aliphatic heterocycles. The molecule has 12 rings (SSSR count). The van der Waals surface area contributed by atoms with Crippen LogP contribution in [-0.2, 0) is 0 Å².